The van der Waals surface area contributed by atoms with E-state index in [1.165, 1.54) is 30.4 Å². The van der Waals surface area contributed by atoms with Crippen LogP contribution in [0.2, 0.25) is 0 Å². The summed E-state index contributed by atoms with van der Waals surface area (Å²) in [6.07, 6.45) is 6.25. The van der Waals surface area contributed by atoms with Crippen LogP contribution in [0.3, 0.4) is 0 Å². The molecule has 5 nitrogen and oxygen atoms in total. The van der Waals surface area contributed by atoms with Gasteiger partial charge in [-0.15, -0.1) is 0 Å². The van der Waals surface area contributed by atoms with Gasteiger partial charge in [-0.1, -0.05) is 17.6 Å². The number of benzene rings is 1. The molecule has 132 valence electrons. The third-order valence-corrected chi connectivity index (χ3v) is 5.65. The summed E-state index contributed by atoms with van der Waals surface area (Å²) in [5, 5.41) is 6.86. The van der Waals surface area contributed by atoms with Gasteiger partial charge in [-0.2, -0.15) is 0 Å². The zero-order valence-corrected chi connectivity index (χ0v) is 15.0. The predicted molar refractivity (Wildman–Crippen MR) is 97.0 cm³/mol. The molecule has 2 aliphatic rings. The smallest absolute Gasteiger partial charge is 0.261 e. The summed E-state index contributed by atoms with van der Waals surface area (Å²) in [5.41, 5.74) is 4.78. The van der Waals surface area contributed by atoms with E-state index in [2.05, 4.69) is 27.5 Å². The molecule has 1 saturated carbocycles. The zero-order valence-electron chi connectivity index (χ0n) is 15.0. The Morgan fingerprint density at radius 2 is 1.96 bits per heavy atom. The quantitative estimate of drug-likeness (QED) is 0.930. The Kier molecular flexibility index (Phi) is 4.34. The number of carbonyl (C=O) groups excluding carboxylic acids is 1. The SMILES string of the molecule is Cc1noc(C)c1C(=O)Nc1ccc2c(c1)CCN(C1CCC1)CC2. The molecule has 1 aromatic carbocycles. The molecule has 0 spiro atoms. The Bertz CT molecular complexity index is 773. The van der Waals surface area contributed by atoms with Crippen LogP contribution < -0.4 is 5.32 Å². The Hall–Kier alpha value is -2.14. The zero-order chi connectivity index (χ0) is 17.4. The number of nitrogens with one attached hydrogen (secondary N) is 1. The Morgan fingerprint density at radius 1 is 1.20 bits per heavy atom. The molecule has 1 fully saturated rings. The molecule has 0 unspecified atom stereocenters. The maximum absolute atomic E-state index is 12.5. The summed E-state index contributed by atoms with van der Waals surface area (Å²) in [7, 11) is 0. The number of hydrogen-bond acceptors (Lipinski definition) is 4. The molecule has 0 atom stereocenters. The van der Waals surface area contributed by atoms with E-state index in [4.69, 9.17) is 4.52 Å². The van der Waals surface area contributed by atoms with E-state index in [-0.39, 0.29) is 5.91 Å². The van der Waals surface area contributed by atoms with Gasteiger partial charge in [-0.25, -0.2) is 0 Å². The minimum absolute atomic E-state index is 0.152. The lowest BCUT2D eigenvalue weighted by molar-refractivity contribution is 0.102. The van der Waals surface area contributed by atoms with E-state index >= 15 is 0 Å². The molecule has 0 saturated heterocycles. The van der Waals surface area contributed by atoms with Crippen molar-refractivity contribution in [1.29, 1.82) is 0 Å². The van der Waals surface area contributed by atoms with Gasteiger partial charge in [0.2, 0.25) is 0 Å². The third-order valence-electron chi connectivity index (χ3n) is 5.65. The van der Waals surface area contributed by atoms with Gasteiger partial charge in [-0.05, 0) is 62.8 Å². The van der Waals surface area contributed by atoms with Gasteiger partial charge in [-0.3, -0.25) is 9.69 Å². The van der Waals surface area contributed by atoms with E-state index < -0.39 is 0 Å². The molecule has 1 N–H and O–H groups in total. The first-order valence-corrected chi connectivity index (χ1v) is 9.22. The average molecular weight is 339 g/mol. The number of aromatic nitrogens is 1. The van der Waals surface area contributed by atoms with Crippen molar-refractivity contribution in [3.05, 3.63) is 46.3 Å². The summed E-state index contributed by atoms with van der Waals surface area (Å²) in [5.74, 6) is 0.404. The summed E-state index contributed by atoms with van der Waals surface area (Å²) >= 11 is 0. The van der Waals surface area contributed by atoms with Gasteiger partial charge in [0.05, 0.1) is 5.69 Å². The molecule has 0 radical (unpaired) electrons. The fraction of sp³-hybridized carbons (Fsp3) is 0.500. The van der Waals surface area contributed by atoms with Crippen molar-refractivity contribution in [2.24, 2.45) is 0 Å². The first-order chi connectivity index (χ1) is 12.1. The number of amides is 1. The summed E-state index contributed by atoms with van der Waals surface area (Å²) < 4.78 is 5.10. The maximum Gasteiger partial charge on any atom is 0.261 e. The van der Waals surface area contributed by atoms with Crippen molar-refractivity contribution in [2.45, 2.75) is 52.0 Å². The van der Waals surface area contributed by atoms with Gasteiger partial charge >= 0.3 is 0 Å². The van der Waals surface area contributed by atoms with E-state index in [1.54, 1.807) is 13.8 Å². The Labute approximate surface area is 148 Å². The minimum Gasteiger partial charge on any atom is -0.361 e. The Morgan fingerprint density at radius 3 is 2.60 bits per heavy atom. The molecule has 1 aromatic heterocycles. The van der Waals surface area contributed by atoms with Crippen LogP contribution in [0.4, 0.5) is 5.69 Å². The van der Waals surface area contributed by atoms with Crippen LogP contribution in [0.5, 0.6) is 0 Å². The number of anilines is 1. The highest BCUT2D eigenvalue weighted by atomic mass is 16.5. The molecule has 2 aromatic rings. The molecule has 5 heteroatoms. The van der Waals surface area contributed by atoms with Crippen LogP contribution in [0.15, 0.2) is 22.7 Å². The standard InChI is InChI=1S/C20H25N3O2/c1-13-19(14(2)25-22-13)20(24)21-17-7-6-15-8-10-23(18-4-3-5-18)11-9-16(15)12-17/h6-7,12,18H,3-5,8-11H2,1-2H3,(H,21,24). The van der Waals surface area contributed by atoms with Crippen molar-refractivity contribution < 1.29 is 9.32 Å². The van der Waals surface area contributed by atoms with Crippen LogP contribution in [-0.4, -0.2) is 35.1 Å². The van der Waals surface area contributed by atoms with Gasteiger partial charge in [0.15, 0.2) is 0 Å². The average Bonchev–Trinajstić information content (AvgIpc) is 2.75. The number of carbonyl (C=O) groups is 1. The number of nitrogens with zero attached hydrogens (tertiary/aromatic N) is 2. The minimum atomic E-state index is -0.152. The molecule has 1 amide bonds. The largest absolute Gasteiger partial charge is 0.361 e. The highest BCUT2D eigenvalue weighted by molar-refractivity contribution is 6.05. The molecule has 4 rings (SSSR count). The normalized spacial score (nSPS) is 18.3. The van der Waals surface area contributed by atoms with Crippen LogP contribution >= 0.6 is 0 Å². The molecule has 0 bridgehead atoms. The molecule has 2 heterocycles. The van der Waals surface area contributed by atoms with E-state index in [1.807, 2.05) is 6.07 Å². The topological polar surface area (TPSA) is 58.4 Å². The first kappa shape index (κ1) is 16.3. The summed E-state index contributed by atoms with van der Waals surface area (Å²) in [4.78, 5) is 15.2. The van der Waals surface area contributed by atoms with Crippen LogP contribution in [0.1, 0.15) is 52.2 Å². The molecule has 1 aliphatic carbocycles. The fourth-order valence-corrected chi connectivity index (χ4v) is 3.94. The van der Waals surface area contributed by atoms with Gasteiger partial charge < -0.3 is 9.84 Å². The monoisotopic (exact) mass is 339 g/mol. The highest BCUT2D eigenvalue weighted by Crippen LogP contribution is 2.28. The van der Waals surface area contributed by atoms with E-state index in [0.29, 0.717) is 17.0 Å². The highest BCUT2D eigenvalue weighted by Gasteiger charge is 2.26. The van der Waals surface area contributed by atoms with Crippen LogP contribution in [0, 0.1) is 13.8 Å². The first-order valence-electron chi connectivity index (χ1n) is 9.22. The van der Waals surface area contributed by atoms with Crippen molar-refractivity contribution in [1.82, 2.24) is 10.1 Å². The number of aryl methyl sites for hydroxylation is 2. The summed E-state index contributed by atoms with van der Waals surface area (Å²) in [6.45, 7) is 5.83. The third kappa shape index (κ3) is 3.21. The lowest BCUT2D eigenvalue weighted by Crippen LogP contribution is -2.41. The second kappa shape index (κ2) is 6.64. The number of hydrogen-bond donors (Lipinski definition) is 1. The fourth-order valence-electron chi connectivity index (χ4n) is 3.94. The van der Waals surface area contributed by atoms with Crippen molar-refractivity contribution >= 4 is 11.6 Å². The van der Waals surface area contributed by atoms with Gasteiger partial charge in [0.25, 0.3) is 5.91 Å². The number of fused-ring (bicyclic) bond motifs is 1. The maximum atomic E-state index is 12.5. The van der Waals surface area contributed by atoms with Crippen LogP contribution in [0.25, 0.3) is 0 Å². The second-order valence-corrected chi connectivity index (χ2v) is 7.26. The van der Waals surface area contributed by atoms with Gasteiger partial charge in [0, 0.05) is 24.8 Å². The summed E-state index contributed by atoms with van der Waals surface area (Å²) in [6, 6.07) is 7.11. The van der Waals surface area contributed by atoms with Crippen molar-refractivity contribution in [3.8, 4) is 0 Å². The number of rotatable bonds is 3. The predicted octanol–water partition coefficient (Wildman–Crippen LogP) is 3.50. The lowest BCUT2D eigenvalue weighted by Gasteiger charge is -2.36. The van der Waals surface area contributed by atoms with Gasteiger partial charge in [0.1, 0.15) is 11.3 Å². The molecular weight excluding hydrogens is 314 g/mol. The second-order valence-electron chi connectivity index (χ2n) is 7.26. The Balaban J connectivity index is 1.48. The molecule has 1 aliphatic heterocycles. The van der Waals surface area contributed by atoms with E-state index in [0.717, 1.165) is 37.7 Å². The van der Waals surface area contributed by atoms with E-state index in [9.17, 15) is 4.79 Å². The lowest BCUT2D eigenvalue weighted by atomic mass is 9.91. The molecule has 25 heavy (non-hydrogen) atoms. The molecular formula is C20H25N3O2. The van der Waals surface area contributed by atoms with Crippen LogP contribution in [-0.2, 0) is 12.8 Å². The van der Waals surface area contributed by atoms with Crippen molar-refractivity contribution in [3.63, 3.8) is 0 Å². The van der Waals surface area contributed by atoms with Crippen molar-refractivity contribution in [2.75, 3.05) is 18.4 Å².